The van der Waals surface area contributed by atoms with E-state index in [2.05, 4.69) is 0 Å². The van der Waals surface area contributed by atoms with Gasteiger partial charge >= 0.3 is 0 Å². The minimum Gasteiger partial charge on any atom is -0.496 e. The number of hydrogen-bond acceptors (Lipinski definition) is 2. The lowest BCUT2D eigenvalue weighted by Gasteiger charge is -2.09. The zero-order valence-corrected chi connectivity index (χ0v) is 11.8. The molecule has 0 aliphatic heterocycles. The lowest BCUT2D eigenvalue weighted by molar-refractivity contribution is 0.333. The molecule has 0 atom stereocenters. The summed E-state index contributed by atoms with van der Waals surface area (Å²) in [4.78, 5) is 0. The maximum absolute atomic E-state index is 5.40. The molecule has 1 aromatic rings. The minimum absolute atomic E-state index is 0.688. The number of rotatable bonds is 3. The summed E-state index contributed by atoms with van der Waals surface area (Å²) in [5, 5.41) is 0. The fourth-order valence-electron chi connectivity index (χ4n) is 1.13. The number of hydrogen-bond donors (Lipinski definition) is 0. The number of ether oxygens (including phenoxy) is 2. The Balaban J connectivity index is 0. The van der Waals surface area contributed by atoms with Crippen LogP contribution >= 0.6 is 0 Å². The number of methoxy groups -OCH3 is 1. The molecule has 0 aliphatic carbocycles. The van der Waals surface area contributed by atoms with Gasteiger partial charge in [0.2, 0.25) is 0 Å². The predicted molar refractivity (Wildman–Crippen MR) is 71.6 cm³/mol. The van der Waals surface area contributed by atoms with Crippen LogP contribution in [0.2, 0.25) is 0 Å². The topological polar surface area (TPSA) is 18.5 Å². The molecule has 2 nitrogen and oxygen atoms in total. The van der Waals surface area contributed by atoms with E-state index >= 15 is 0 Å². The Morgan fingerprint density at radius 1 is 1.00 bits per heavy atom. The molecular weight excluding hydrogens is 200 g/mol. The van der Waals surface area contributed by atoms with Gasteiger partial charge in [-0.1, -0.05) is 33.8 Å². The van der Waals surface area contributed by atoms with E-state index in [9.17, 15) is 0 Å². The monoisotopic (exact) mass is 226 g/mol. The van der Waals surface area contributed by atoms with Gasteiger partial charge in [0.15, 0.2) is 0 Å². The Bertz CT molecular complexity index is 257. The first-order valence-corrected chi connectivity index (χ1v) is 6.06. The van der Waals surface area contributed by atoms with E-state index in [0.29, 0.717) is 6.61 Å². The molecule has 0 aliphatic rings. The molecule has 0 saturated heterocycles. The van der Waals surface area contributed by atoms with Crippen LogP contribution in [0, 0.1) is 6.92 Å². The van der Waals surface area contributed by atoms with Crippen molar-refractivity contribution < 1.29 is 9.47 Å². The maximum atomic E-state index is 5.40. The van der Waals surface area contributed by atoms with E-state index in [0.717, 1.165) is 17.1 Å². The van der Waals surface area contributed by atoms with Crippen LogP contribution in [0.25, 0.3) is 0 Å². The average molecular weight is 226 g/mol. The van der Waals surface area contributed by atoms with Gasteiger partial charge in [-0.25, -0.2) is 0 Å². The Hall–Kier alpha value is -1.18. The fourth-order valence-corrected chi connectivity index (χ4v) is 1.13. The Kier molecular flexibility index (Phi) is 12.8. The van der Waals surface area contributed by atoms with E-state index < -0.39 is 0 Å². The molecule has 1 rings (SSSR count). The van der Waals surface area contributed by atoms with Crippen LogP contribution in [0.3, 0.4) is 0 Å². The first-order valence-electron chi connectivity index (χ1n) is 6.06. The van der Waals surface area contributed by atoms with E-state index in [-0.39, 0.29) is 0 Å². The van der Waals surface area contributed by atoms with Crippen LogP contribution in [0.4, 0.5) is 0 Å². The molecule has 2 heteroatoms. The minimum atomic E-state index is 0.688. The molecule has 0 spiro atoms. The summed E-state index contributed by atoms with van der Waals surface area (Å²) < 4.78 is 10.6. The molecule has 0 N–H and O–H groups in total. The molecule has 94 valence electrons. The van der Waals surface area contributed by atoms with Gasteiger partial charge in [-0.3, -0.25) is 0 Å². The Morgan fingerprint density at radius 3 is 1.94 bits per heavy atom. The van der Waals surface area contributed by atoms with Crippen molar-refractivity contribution in [1.29, 1.82) is 0 Å². The summed E-state index contributed by atoms with van der Waals surface area (Å²) in [6.07, 6.45) is 0. The van der Waals surface area contributed by atoms with Crippen LogP contribution in [0.1, 0.15) is 40.2 Å². The third-order valence-electron chi connectivity index (χ3n) is 1.75. The summed E-state index contributed by atoms with van der Waals surface area (Å²) in [7, 11) is 1.66. The highest BCUT2D eigenvalue weighted by atomic mass is 16.5. The van der Waals surface area contributed by atoms with Crippen LogP contribution < -0.4 is 9.47 Å². The van der Waals surface area contributed by atoms with Gasteiger partial charge in [0.25, 0.3) is 0 Å². The Morgan fingerprint density at radius 2 is 1.50 bits per heavy atom. The SMILES string of the molecule is CC.CC.CCOc1cccc(OC)c1C. The summed E-state index contributed by atoms with van der Waals surface area (Å²) in [6.45, 7) is 12.6. The highest BCUT2D eigenvalue weighted by molar-refractivity contribution is 5.43. The van der Waals surface area contributed by atoms with Crippen molar-refractivity contribution in [2.75, 3.05) is 13.7 Å². The smallest absolute Gasteiger partial charge is 0.125 e. The van der Waals surface area contributed by atoms with Gasteiger partial charge in [-0.05, 0) is 26.0 Å². The molecule has 0 amide bonds. The first-order chi connectivity index (χ1) is 7.79. The largest absolute Gasteiger partial charge is 0.496 e. The van der Waals surface area contributed by atoms with Gasteiger partial charge in [0.1, 0.15) is 11.5 Å². The van der Waals surface area contributed by atoms with Gasteiger partial charge in [-0.15, -0.1) is 0 Å². The molecule has 0 unspecified atom stereocenters. The first kappa shape index (κ1) is 17.2. The summed E-state index contributed by atoms with van der Waals surface area (Å²) >= 11 is 0. The van der Waals surface area contributed by atoms with Crippen LogP contribution in [0.5, 0.6) is 11.5 Å². The molecule has 0 heterocycles. The zero-order valence-electron chi connectivity index (χ0n) is 11.8. The lowest BCUT2D eigenvalue weighted by atomic mass is 10.2. The van der Waals surface area contributed by atoms with Gasteiger partial charge in [0.05, 0.1) is 13.7 Å². The second kappa shape index (κ2) is 11.9. The van der Waals surface area contributed by atoms with Gasteiger partial charge in [-0.2, -0.15) is 0 Å². The van der Waals surface area contributed by atoms with Crippen molar-refractivity contribution in [1.82, 2.24) is 0 Å². The van der Waals surface area contributed by atoms with Crippen molar-refractivity contribution in [3.05, 3.63) is 23.8 Å². The van der Waals surface area contributed by atoms with Crippen LogP contribution in [0.15, 0.2) is 18.2 Å². The van der Waals surface area contributed by atoms with Crippen LogP contribution in [-0.4, -0.2) is 13.7 Å². The fraction of sp³-hybridized carbons (Fsp3) is 0.571. The summed E-state index contributed by atoms with van der Waals surface area (Å²) in [5.41, 5.74) is 1.06. The summed E-state index contributed by atoms with van der Waals surface area (Å²) in [5.74, 6) is 1.78. The van der Waals surface area contributed by atoms with Gasteiger partial charge < -0.3 is 9.47 Å². The second-order valence-electron chi connectivity index (χ2n) is 2.52. The molecule has 0 bridgehead atoms. The van der Waals surface area contributed by atoms with Gasteiger partial charge in [0, 0.05) is 5.56 Å². The summed E-state index contributed by atoms with van der Waals surface area (Å²) in [6, 6.07) is 5.80. The zero-order chi connectivity index (χ0) is 13.0. The van der Waals surface area contributed by atoms with Crippen molar-refractivity contribution in [2.45, 2.75) is 41.5 Å². The molecule has 16 heavy (non-hydrogen) atoms. The molecule has 0 aromatic heterocycles. The van der Waals surface area contributed by atoms with Crippen molar-refractivity contribution in [3.63, 3.8) is 0 Å². The molecule has 1 aromatic carbocycles. The third kappa shape index (κ3) is 5.64. The van der Waals surface area contributed by atoms with Crippen molar-refractivity contribution in [2.24, 2.45) is 0 Å². The normalized spacial score (nSPS) is 7.94. The molecule has 0 radical (unpaired) electrons. The maximum Gasteiger partial charge on any atom is 0.125 e. The highest BCUT2D eigenvalue weighted by Crippen LogP contribution is 2.26. The molecular formula is C14H26O2. The standard InChI is InChI=1S/C10H14O2.2C2H6/c1-4-12-10-7-5-6-9(11-3)8(10)2;2*1-2/h5-7H,4H2,1-3H3;2*1-2H3. The lowest BCUT2D eigenvalue weighted by Crippen LogP contribution is -1.95. The van der Waals surface area contributed by atoms with E-state index in [1.807, 2.05) is 59.7 Å². The van der Waals surface area contributed by atoms with Crippen molar-refractivity contribution in [3.8, 4) is 11.5 Å². The number of benzene rings is 1. The Labute approximate surface area is 101 Å². The highest BCUT2D eigenvalue weighted by Gasteiger charge is 2.03. The van der Waals surface area contributed by atoms with Crippen LogP contribution in [-0.2, 0) is 0 Å². The van der Waals surface area contributed by atoms with Crippen molar-refractivity contribution >= 4 is 0 Å². The van der Waals surface area contributed by atoms with E-state index in [1.165, 1.54) is 0 Å². The van der Waals surface area contributed by atoms with E-state index in [4.69, 9.17) is 9.47 Å². The third-order valence-corrected chi connectivity index (χ3v) is 1.75. The quantitative estimate of drug-likeness (QED) is 0.758. The predicted octanol–water partition coefficient (Wildman–Crippen LogP) is 4.45. The average Bonchev–Trinajstić information content (AvgIpc) is 2.37. The molecule has 0 saturated carbocycles. The molecule has 0 fully saturated rings. The van der Waals surface area contributed by atoms with E-state index in [1.54, 1.807) is 7.11 Å². The second-order valence-corrected chi connectivity index (χ2v) is 2.52.